The summed E-state index contributed by atoms with van der Waals surface area (Å²) in [5.41, 5.74) is 3.38. The number of methoxy groups -OCH3 is 1. The second-order valence-corrected chi connectivity index (χ2v) is 5.80. The lowest BCUT2D eigenvalue weighted by Gasteiger charge is -2.11. The molecule has 7 heteroatoms. The Morgan fingerprint density at radius 2 is 1.54 bits per heavy atom. The smallest absolute Gasteiger partial charge is 0.230 e. The molecule has 2 aromatic carbocycles. The Bertz CT molecular complexity index is 934. The number of rotatable bonds is 5. The van der Waals surface area contributed by atoms with Crippen molar-refractivity contribution in [2.75, 3.05) is 12.4 Å². The van der Waals surface area contributed by atoms with Crippen LogP contribution in [0.25, 0.3) is 0 Å². The molecule has 7 nitrogen and oxygen atoms in total. The van der Waals surface area contributed by atoms with E-state index < -0.39 is 0 Å². The Morgan fingerprint density at radius 3 is 2.19 bits per heavy atom. The van der Waals surface area contributed by atoms with Crippen LogP contribution in [0.3, 0.4) is 0 Å². The molecule has 0 saturated heterocycles. The van der Waals surface area contributed by atoms with Gasteiger partial charge in [0.15, 0.2) is 0 Å². The van der Waals surface area contributed by atoms with Crippen LogP contribution in [0.2, 0.25) is 0 Å². The summed E-state index contributed by atoms with van der Waals surface area (Å²) >= 11 is 0. The second-order valence-electron chi connectivity index (χ2n) is 5.80. The van der Waals surface area contributed by atoms with Crippen LogP contribution in [0.15, 0.2) is 52.7 Å². The van der Waals surface area contributed by atoms with Crippen LogP contribution in [-0.4, -0.2) is 22.1 Å². The first kappa shape index (κ1) is 17.5. The number of nitrogens with zero attached hydrogens (tertiary/aromatic N) is 5. The van der Waals surface area contributed by atoms with Gasteiger partial charge in [0.2, 0.25) is 5.95 Å². The SMILES string of the molecule is COc1cc(N=Nc2cccc(C)c2)ccc1Nc1nc(C)nc(C)n1. The first-order valence-corrected chi connectivity index (χ1v) is 8.16. The maximum atomic E-state index is 5.45. The van der Waals surface area contributed by atoms with Crippen molar-refractivity contribution in [1.82, 2.24) is 15.0 Å². The van der Waals surface area contributed by atoms with Crippen molar-refractivity contribution in [3.05, 3.63) is 59.7 Å². The summed E-state index contributed by atoms with van der Waals surface area (Å²) < 4.78 is 5.45. The minimum Gasteiger partial charge on any atom is -0.494 e. The van der Waals surface area contributed by atoms with Gasteiger partial charge in [-0.2, -0.15) is 20.2 Å². The number of ether oxygens (including phenoxy) is 1. The molecule has 0 unspecified atom stereocenters. The van der Waals surface area contributed by atoms with Gasteiger partial charge in [-0.15, -0.1) is 0 Å². The molecule has 132 valence electrons. The van der Waals surface area contributed by atoms with Gasteiger partial charge in [0.05, 0.1) is 24.2 Å². The fraction of sp³-hybridized carbons (Fsp3) is 0.211. The van der Waals surface area contributed by atoms with Crippen molar-refractivity contribution in [1.29, 1.82) is 0 Å². The number of hydrogen-bond acceptors (Lipinski definition) is 7. The van der Waals surface area contributed by atoms with E-state index in [0.717, 1.165) is 16.9 Å². The molecule has 0 aliphatic carbocycles. The molecule has 26 heavy (non-hydrogen) atoms. The summed E-state index contributed by atoms with van der Waals surface area (Å²) in [5, 5.41) is 11.7. The number of aromatic nitrogens is 3. The third-order valence-corrected chi connectivity index (χ3v) is 3.57. The molecule has 0 bridgehead atoms. The van der Waals surface area contributed by atoms with E-state index in [0.29, 0.717) is 29.0 Å². The predicted molar refractivity (Wildman–Crippen MR) is 101 cm³/mol. The summed E-state index contributed by atoms with van der Waals surface area (Å²) in [7, 11) is 1.60. The predicted octanol–water partition coefficient (Wildman–Crippen LogP) is 4.96. The molecule has 1 aromatic heterocycles. The van der Waals surface area contributed by atoms with E-state index in [9.17, 15) is 0 Å². The van der Waals surface area contributed by atoms with E-state index in [1.54, 1.807) is 7.11 Å². The molecule has 3 aromatic rings. The van der Waals surface area contributed by atoms with E-state index in [4.69, 9.17) is 4.74 Å². The lowest BCUT2D eigenvalue weighted by Crippen LogP contribution is -2.03. The molecule has 0 amide bonds. The first-order chi connectivity index (χ1) is 12.5. The van der Waals surface area contributed by atoms with Gasteiger partial charge in [0, 0.05) is 6.07 Å². The summed E-state index contributed by atoms with van der Waals surface area (Å²) in [6, 6.07) is 13.4. The fourth-order valence-electron chi connectivity index (χ4n) is 2.44. The highest BCUT2D eigenvalue weighted by Gasteiger charge is 2.08. The highest BCUT2D eigenvalue weighted by atomic mass is 16.5. The molecule has 0 fully saturated rings. The molecular formula is C19H20N6O. The second kappa shape index (κ2) is 7.69. The fourth-order valence-corrected chi connectivity index (χ4v) is 2.44. The van der Waals surface area contributed by atoms with E-state index in [1.165, 1.54) is 0 Å². The molecule has 1 heterocycles. The lowest BCUT2D eigenvalue weighted by atomic mass is 10.2. The minimum atomic E-state index is 0.474. The molecule has 0 aliphatic rings. The molecule has 0 radical (unpaired) electrons. The zero-order valence-corrected chi connectivity index (χ0v) is 15.2. The Morgan fingerprint density at radius 1 is 0.846 bits per heavy atom. The largest absolute Gasteiger partial charge is 0.494 e. The number of nitrogens with one attached hydrogen (secondary N) is 1. The van der Waals surface area contributed by atoms with Gasteiger partial charge in [0.25, 0.3) is 0 Å². The van der Waals surface area contributed by atoms with E-state index in [-0.39, 0.29) is 0 Å². The highest BCUT2D eigenvalue weighted by molar-refractivity contribution is 5.66. The van der Waals surface area contributed by atoms with Crippen molar-refractivity contribution >= 4 is 23.0 Å². The average Bonchev–Trinajstić information content (AvgIpc) is 2.60. The summed E-state index contributed by atoms with van der Waals surface area (Å²) in [5.74, 6) is 2.41. The van der Waals surface area contributed by atoms with Crippen molar-refractivity contribution in [3.8, 4) is 5.75 Å². The van der Waals surface area contributed by atoms with Gasteiger partial charge in [-0.3, -0.25) is 0 Å². The molecular weight excluding hydrogens is 328 g/mol. The van der Waals surface area contributed by atoms with Crippen LogP contribution < -0.4 is 10.1 Å². The van der Waals surface area contributed by atoms with Gasteiger partial charge in [-0.1, -0.05) is 12.1 Å². The van der Waals surface area contributed by atoms with E-state index in [1.807, 2.05) is 63.2 Å². The molecule has 0 aliphatic heterocycles. The van der Waals surface area contributed by atoms with Crippen LogP contribution in [0.4, 0.5) is 23.0 Å². The van der Waals surface area contributed by atoms with Crippen LogP contribution in [0.5, 0.6) is 5.75 Å². The zero-order chi connectivity index (χ0) is 18.5. The Labute approximate surface area is 152 Å². The van der Waals surface area contributed by atoms with Gasteiger partial charge >= 0.3 is 0 Å². The van der Waals surface area contributed by atoms with Gasteiger partial charge in [-0.25, -0.2) is 4.98 Å². The Hall–Kier alpha value is -3.35. The number of aryl methyl sites for hydroxylation is 3. The normalized spacial score (nSPS) is 10.9. The summed E-state index contributed by atoms with van der Waals surface area (Å²) in [6.45, 7) is 5.67. The third-order valence-electron chi connectivity index (χ3n) is 3.57. The maximum absolute atomic E-state index is 5.45. The first-order valence-electron chi connectivity index (χ1n) is 8.16. The standard InChI is InChI=1S/C19H20N6O/c1-12-6-5-7-15(10-12)24-25-16-8-9-17(18(11-16)26-4)23-19-21-13(2)20-14(3)22-19/h5-11H,1-4H3,(H,20,21,22,23). The van der Waals surface area contributed by atoms with E-state index >= 15 is 0 Å². The van der Waals surface area contributed by atoms with Gasteiger partial charge in [0.1, 0.15) is 17.4 Å². The number of benzene rings is 2. The van der Waals surface area contributed by atoms with Crippen LogP contribution >= 0.6 is 0 Å². The monoisotopic (exact) mass is 348 g/mol. The Kier molecular flexibility index (Phi) is 5.17. The number of hydrogen-bond donors (Lipinski definition) is 1. The van der Waals surface area contributed by atoms with Crippen LogP contribution in [-0.2, 0) is 0 Å². The molecule has 0 saturated carbocycles. The molecule has 1 N–H and O–H groups in total. The van der Waals surface area contributed by atoms with Gasteiger partial charge < -0.3 is 10.1 Å². The van der Waals surface area contributed by atoms with Crippen LogP contribution in [0.1, 0.15) is 17.2 Å². The summed E-state index contributed by atoms with van der Waals surface area (Å²) in [4.78, 5) is 12.7. The van der Waals surface area contributed by atoms with Gasteiger partial charge in [-0.05, 0) is 50.6 Å². The van der Waals surface area contributed by atoms with E-state index in [2.05, 4.69) is 30.5 Å². The quantitative estimate of drug-likeness (QED) is 0.658. The molecule has 3 rings (SSSR count). The minimum absolute atomic E-state index is 0.474. The number of azo groups is 1. The van der Waals surface area contributed by atoms with Crippen LogP contribution in [0, 0.1) is 20.8 Å². The zero-order valence-electron chi connectivity index (χ0n) is 15.2. The highest BCUT2D eigenvalue weighted by Crippen LogP contribution is 2.31. The van der Waals surface area contributed by atoms with Crippen molar-refractivity contribution < 1.29 is 4.74 Å². The Balaban J connectivity index is 1.83. The van der Waals surface area contributed by atoms with Crippen molar-refractivity contribution in [2.24, 2.45) is 10.2 Å². The third kappa shape index (κ3) is 4.38. The molecule has 0 spiro atoms. The topological polar surface area (TPSA) is 84.7 Å². The lowest BCUT2D eigenvalue weighted by molar-refractivity contribution is 0.417. The maximum Gasteiger partial charge on any atom is 0.230 e. The number of anilines is 2. The van der Waals surface area contributed by atoms with Crippen molar-refractivity contribution in [3.63, 3.8) is 0 Å². The average molecular weight is 348 g/mol. The summed E-state index contributed by atoms with van der Waals surface area (Å²) in [6.07, 6.45) is 0. The van der Waals surface area contributed by atoms with Crippen molar-refractivity contribution in [2.45, 2.75) is 20.8 Å². The molecule has 0 atom stereocenters.